The molecule has 1 aliphatic heterocycles. The summed E-state index contributed by atoms with van der Waals surface area (Å²) in [5.74, 6) is -0.460. The van der Waals surface area contributed by atoms with E-state index >= 15 is 0 Å². The lowest BCUT2D eigenvalue weighted by Crippen LogP contribution is -2.32. The average Bonchev–Trinajstić information content (AvgIpc) is 2.73. The van der Waals surface area contributed by atoms with Crippen molar-refractivity contribution in [1.82, 2.24) is 10.2 Å². The fraction of sp³-hybridized carbons (Fsp3) is 0.308. The molecule has 7 heteroatoms. The summed E-state index contributed by atoms with van der Waals surface area (Å²) >= 11 is 0. The SMILES string of the molecule is Nc1ccccc1NC(=O)CCCN1C(=O)CNC1=O. The maximum absolute atomic E-state index is 11.7. The molecule has 1 saturated heterocycles. The highest BCUT2D eigenvalue weighted by Crippen LogP contribution is 2.17. The Morgan fingerprint density at radius 3 is 2.75 bits per heavy atom. The number of para-hydroxylation sites is 2. The van der Waals surface area contributed by atoms with Crippen molar-refractivity contribution < 1.29 is 14.4 Å². The molecular weight excluding hydrogens is 260 g/mol. The molecule has 1 aromatic rings. The quantitative estimate of drug-likeness (QED) is 0.539. The van der Waals surface area contributed by atoms with Crippen LogP contribution in [0, 0.1) is 0 Å². The Labute approximate surface area is 116 Å². The van der Waals surface area contributed by atoms with Gasteiger partial charge in [0.25, 0.3) is 0 Å². The van der Waals surface area contributed by atoms with Crippen molar-refractivity contribution >= 4 is 29.2 Å². The molecule has 7 nitrogen and oxygen atoms in total. The van der Waals surface area contributed by atoms with Crippen molar-refractivity contribution in [2.24, 2.45) is 0 Å². The third-order valence-electron chi connectivity index (χ3n) is 2.96. The molecule has 0 atom stereocenters. The van der Waals surface area contributed by atoms with E-state index in [2.05, 4.69) is 10.6 Å². The van der Waals surface area contributed by atoms with E-state index in [0.29, 0.717) is 17.8 Å². The lowest BCUT2D eigenvalue weighted by Gasteiger charge is -2.12. The minimum Gasteiger partial charge on any atom is -0.397 e. The Kier molecular flexibility index (Phi) is 4.19. The average molecular weight is 276 g/mol. The zero-order valence-corrected chi connectivity index (χ0v) is 10.9. The minimum atomic E-state index is -0.400. The van der Waals surface area contributed by atoms with Crippen molar-refractivity contribution in [1.29, 1.82) is 0 Å². The molecule has 1 aromatic carbocycles. The number of carbonyl (C=O) groups is 3. The van der Waals surface area contributed by atoms with Crippen LogP contribution in [0.3, 0.4) is 0 Å². The number of hydrogen-bond acceptors (Lipinski definition) is 4. The van der Waals surface area contributed by atoms with Crippen LogP contribution >= 0.6 is 0 Å². The van der Waals surface area contributed by atoms with Gasteiger partial charge in [0.15, 0.2) is 0 Å². The normalized spacial score (nSPS) is 14.3. The van der Waals surface area contributed by atoms with Crippen LogP contribution in [0.15, 0.2) is 24.3 Å². The predicted octanol–water partition coefficient (Wildman–Crippen LogP) is 0.539. The van der Waals surface area contributed by atoms with Crippen LogP contribution in [-0.4, -0.2) is 35.8 Å². The van der Waals surface area contributed by atoms with Crippen LogP contribution in [0.5, 0.6) is 0 Å². The topological polar surface area (TPSA) is 105 Å². The Bertz CT molecular complexity index is 528. The van der Waals surface area contributed by atoms with Gasteiger partial charge in [0.1, 0.15) is 0 Å². The van der Waals surface area contributed by atoms with Crippen LogP contribution in [0.2, 0.25) is 0 Å². The van der Waals surface area contributed by atoms with E-state index in [1.807, 2.05) is 0 Å². The highest BCUT2D eigenvalue weighted by Gasteiger charge is 2.27. The molecule has 0 radical (unpaired) electrons. The van der Waals surface area contributed by atoms with Crippen LogP contribution < -0.4 is 16.4 Å². The smallest absolute Gasteiger partial charge is 0.324 e. The Balaban J connectivity index is 1.77. The first kappa shape index (κ1) is 13.9. The van der Waals surface area contributed by atoms with Gasteiger partial charge in [0.05, 0.1) is 17.9 Å². The molecule has 106 valence electrons. The maximum atomic E-state index is 11.7. The molecule has 0 unspecified atom stereocenters. The fourth-order valence-electron chi connectivity index (χ4n) is 1.90. The summed E-state index contributed by atoms with van der Waals surface area (Å²) in [5.41, 5.74) is 6.77. The van der Waals surface area contributed by atoms with Crippen LogP contribution in [0.4, 0.5) is 16.2 Å². The number of imide groups is 1. The summed E-state index contributed by atoms with van der Waals surface area (Å²) in [7, 11) is 0. The van der Waals surface area contributed by atoms with E-state index in [1.54, 1.807) is 24.3 Å². The molecule has 4 N–H and O–H groups in total. The largest absolute Gasteiger partial charge is 0.397 e. The van der Waals surface area contributed by atoms with E-state index in [4.69, 9.17) is 5.73 Å². The number of nitrogen functional groups attached to an aromatic ring is 1. The number of hydrogen-bond donors (Lipinski definition) is 3. The van der Waals surface area contributed by atoms with Crippen molar-refractivity contribution in [2.45, 2.75) is 12.8 Å². The summed E-state index contributed by atoms with van der Waals surface area (Å²) < 4.78 is 0. The fourth-order valence-corrected chi connectivity index (χ4v) is 1.90. The van der Waals surface area contributed by atoms with E-state index in [1.165, 1.54) is 0 Å². The van der Waals surface area contributed by atoms with Gasteiger partial charge in [-0.25, -0.2) is 4.79 Å². The monoisotopic (exact) mass is 276 g/mol. The van der Waals surface area contributed by atoms with Gasteiger partial charge in [-0.1, -0.05) is 12.1 Å². The first-order valence-corrected chi connectivity index (χ1v) is 6.30. The first-order valence-electron chi connectivity index (χ1n) is 6.30. The first-order chi connectivity index (χ1) is 9.58. The maximum Gasteiger partial charge on any atom is 0.324 e. The van der Waals surface area contributed by atoms with E-state index in [9.17, 15) is 14.4 Å². The summed E-state index contributed by atoms with van der Waals surface area (Å²) in [6.07, 6.45) is 0.628. The number of nitrogens with zero attached hydrogens (tertiary/aromatic N) is 1. The van der Waals surface area contributed by atoms with Gasteiger partial charge in [0.2, 0.25) is 11.8 Å². The van der Waals surface area contributed by atoms with Crippen molar-refractivity contribution in [3.63, 3.8) is 0 Å². The number of urea groups is 1. The van der Waals surface area contributed by atoms with Crippen LogP contribution in [-0.2, 0) is 9.59 Å². The van der Waals surface area contributed by atoms with Crippen molar-refractivity contribution in [2.75, 3.05) is 24.1 Å². The second-order valence-electron chi connectivity index (χ2n) is 4.44. The summed E-state index contributed by atoms with van der Waals surface area (Å²) in [6, 6.07) is 6.57. The van der Waals surface area contributed by atoms with Gasteiger partial charge in [0, 0.05) is 13.0 Å². The van der Waals surface area contributed by atoms with Gasteiger partial charge in [-0.05, 0) is 18.6 Å². The molecule has 20 heavy (non-hydrogen) atoms. The van der Waals surface area contributed by atoms with Gasteiger partial charge in [-0.15, -0.1) is 0 Å². The molecular formula is C13H16N4O3. The molecule has 1 aliphatic rings. The number of nitrogens with one attached hydrogen (secondary N) is 2. The highest BCUT2D eigenvalue weighted by atomic mass is 16.2. The molecule has 1 heterocycles. The van der Waals surface area contributed by atoms with Crippen molar-refractivity contribution in [3.8, 4) is 0 Å². The molecule has 0 aromatic heterocycles. The second-order valence-corrected chi connectivity index (χ2v) is 4.44. The van der Waals surface area contributed by atoms with Gasteiger partial charge in [-0.2, -0.15) is 0 Å². The van der Waals surface area contributed by atoms with Gasteiger partial charge >= 0.3 is 6.03 Å². The lowest BCUT2D eigenvalue weighted by atomic mass is 10.2. The van der Waals surface area contributed by atoms with Crippen LogP contribution in [0.25, 0.3) is 0 Å². The Morgan fingerprint density at radius 2 is 2.10 bits per heavy atom. The third-order valence-corrected chi connectivity index (χ3v) is 2.96. The highest BCUT2D eigenvalue weighted by molar-refractivity contribution is 6.02. The van der Waals surface area contributed by atoms with E-state index in [-0.39, 0.29) is 31.3 Å². The molecule has 0 spiro atoms. The second kappa shape index (κ2) is 6.05. The number of rotatable bonds is 5. The van der Waals surface area contributed by atoms with E-state index in [0.717, 1.165) is 4.90 Å². The number of anilines is 2. The predicted molar refractivity (Wildman–Crippen MR) is 73.8 cm³/mol. The standard InChI is InChI=1S/C13H16N4O3/c14-9-4-1-2-5-10(9)16-11(18)6-3-7-17-12(19)8-15-13(17)20/h1-2,4-5H,3,6-8,14H2,(H,15,20)(H,16,18). The van der Waals surface area contributed by atoms with Crippen LogP contribution in [0.1, 0.15) is 12.8 Å². The number of benzene rings is 1. The molecule has 1 fully saturated rings. The minimum absolute atomic E-state index is 0.0333. The number of nitrogens with two attached hydrogens (primary N) is 1. The summed E-state index contributed by atoms with van der Waals surface area (Å²) in [5, 5.41) is 5.12. The van der Waals surface area contributed by atoms with E-state index < -0.39 is 6.03 Å². The molecule has 0 saturated carbocycles. The molecule has 0 aliphatic carbocycles. The van der Waals surface area contributed by atoms with Crippen molar-refractivity contribution in [3.05, 3.63) is 24.3 Å². The third kappa shape index (κ3) is 3.25. The lowest BCUT2D eigenvalue weighted by molar-refractivity contribution is -0.125. The number of carbonyl (C=O) groups excluding carboxylic acids is 3. The Hall–Kier alpha value is -2.57. The zero-order chi connectivity index (χ0) is 14.5. The van der Waals surface area contributed by atoms with Gasteiger partial charge < -0.3 is 16.4 Å². The Morgan fingerprint density at radius 1 is 1.35 bits per heavy atom. The zero-order valence-electron chi connectivity index (χ0n) is 10.9. The summed E-state index contributed by atoms with van der Waals surface area (Å²) in [4.78, 5) is 35.4. The molecule has 0 bridgehead atoms. The molecule has 4 amide bonds. The summed E-state index contributed by atoms with van der Waals surface area (Å²) in [6.45, 7) is 0.272. The van der Waals surface area contributed by atoms with Gasteiger partial charge in [-0.3, -0.25) is 14.5 Å². The molecule has 2 rings (SSSR count). The number of amides is 4.